The van der Waals surface area contributed by atoms with Gasteiger partial charge in [0.05, 0.1) is 29.3 Å². The van der Waals surface area contributed by atoms with E-state index in [0.29, 0.717) is 28.2 Å². The number of benzene rings is 2. The molecule has 4 rings (SSSR count). The third-order valence-electron chi connectivity index (χ3n) is 4.42. The molecule has 1 aromatic heterocycles. The summed E-state index contributed by atoms with van der Waals surface area (Å²) < 4.78 is 6.56. The van der Waals surface area contributed by atoms with Crippen LogP contribution in [0, 0.1) is 0 Å². The Morgan fingerprint density at radius 2 is 2.00 bits per heavy atom. The number of carbonyl (C=O) groups excluding carboxylic acids is 2. The van der Waals surface area contributed by atoms with Gasteiger partial charge < -0.3 is 10.1 Å². The number of methoxy groups -OCH3 is 1. The molecule has 8 nitrogen and oxygen atoms in total. The van der Waals surface area contributed by atoms with Gasteiger partial charge in [0.25, 0.3) is 5.91 Å². The van der Waals surface area contributed by atoms with Crippen LogP contribution < -0.4 is 15.4 Å². The molecule has 3 aromatic rings. The predicted molar refractivity (Wildman–Crippen MR) is 109 cm³/mol. The number of rotatable bonds is 5. The van der Waals surface area contributed by atoms with Gasteiger partial charge >= 0.3 is 0 Å². The van der Waals surface area contributed by atoms with Gasteiger partial charge in [0.1, 0.15) is 11.8 Å². The number of nitrogens with zero attached hydrogens (tertiary/aromatic N) is 3. The van der Waals surface area contributed by atoms with E-state index in [4.69, 9.17) is 27.9 Å². The lowest BCUT2D eigenvalue weighted by molar-refractivity contribution is -0.123. The molecule has 1 unspecified atom stereocenters. The number of anilines is 2. The number of hydrogen-bond acceptors (Lipinski definition) is 5. The Kier molecular flexibility index (Phi) is 5.12. The zero-order valence-electron chi connectivity index (χ0n) is 15.1. The topological polar surface area (TPSA) is 98.1 Å². The fourth-order valence-electron chi connectivity index (χ4n) is 2.95. The summed E-state index contributed by atoms with van der Waals surface area (Å²) in [5.74, 6) is 0.686. The molecule has 148 valence electrons. The Morgan fingerprint density at radius 3 is 2.72 bits per heavy atom. The monoisotopic (exact) mass is 431 g/mol. The lowest BCUT2D eigenvalue weighted by Gasteiger charge is -2.11. The van der Waals surface area contributed by atoms with Crippen LogP contribution in [-0.2, 0) is 9.59 Å². The Hall–Kier alpha value is -3.10. The van der Waals surface area contributed by atoms with Crippen LogP contribution in [0.25, 0.3) is 11.4 Å². The number of halogens is 2. The molecule has 0 bridgehead atoms. The van der Waals surface area contributed by atoms with Crippen molar-refractivity contribution in [3.8, 4) is 17.1 Å². The van der Waals surface area contributed by atoms with Gasteiger partial charge in [0.15, 0.2) is 5.82 Å². The first-order chi connectivity index (χ1) is 14.0. The van der Waals surface area contributed by atoms with Crippen LogP contribution in [-0.4, -0.2) is 33.7 Å². The standard InChI is InChI=1S/C19H15Cl2N5O3/c1-29-11-7-5-10(6-8-11)17-23-19-24-18(28)14(26(19)25-17)9-15(27)22-13-4-2-3-12(20)16(13)21/h2-8,14H,9H2,1H3,(H,22,27)(H,23,24,25,28). The lowest BCUT2D eigenvalue weighted by Crippen LogP contribution is -2.23. The molecule has 0 saturated carbocycles. The molecule has 1 aliphatic rings. The number of fused-ring (bicyclic) bond motifs is 1. The van der Waals surface area contributed by atoms with Gasteiger partial charge in [-0.1, -0.05) is 29.3 Å². The summed E-state index contributed by atoms with van der Waals surface area (Å²) in [6.45, 7) is 0. The van der Waals surface area contributed by atoms with E-state index in [0.717, 1.165) is 5.56 Å². The van der Waals surface area contributed by atoms with E-state index in [1.54, 1.807) is 37.4 Å². The third-order valence-corrected chi connectivity index (χ3v) is 5.24. The number of hydrogen-bond donors (Lipinski definition) is 2. The van der Waals surface area contributed by atoms with Crippen molar-refractivity contribution in [3.63, 3.8) is 0 Å². The van der Waals surface area contributed by atoms with Gasteiger partial charge in [-0.2, -0.15) is 4.98 Å². The van der Waals surface area contributed by atoms with E-state index in [2.05, 4.69) is 20.7 Å². The average Bonchev–Trinajstić information content (AvgIpc) is 3.24. The SMILES string of the molecule is COc1ccc(-c2nc3n(n2)C(CC(=O)Nc2cccc(Cl)c2Cl)C(=O)N3)cc1. The van der Waals surface area contributed by atoms with Crippen molar-refractivity contribution < 1.29 is 14.3 Å². The smallest absolute Gasteiger partial charge is 0.252 e. The number of amides is 2. The third kappa shape index (κ3) is 3.76. The maximum atomic E-state index is 12.5. The first-order valence-corrected chi connectivity index (χ1v) is 9.37. The second kappa shape index (κ2) is 7.73. The van der Waals surface area contributed by atoms with Crippen molar-refractivity contribution in [2.24, 2.45) is 0 Å². The van der Waals surface area contributed by atoms with Crippen LogP contribution in [0.15, 0.2) is 42.5 Å². The van der Waals surface area contributed by atoms with E-state index < -0.39 is 11.9 Å². The molecule has 10 heteroatoms. The summed E-state index contributed by atoms with van der Waals surface area (Å²) in [4.78, 5) is 29.1. The van der Waals surface area contributed by atoms with Crippen LogP contribution in [0.5, 0.6) is 5.75 Å². The zero-order valence-corrected chi connectivity index (χ0v) is 16.7. The minimum atomic E-state index is -0.817. The fourth-order valence-corrected chi connectivity index (χ4v) is 3.30. The van der Waals surface area contributed by atoms with E-state index in [1.807, 2.05) is 12.1 Å². The van der Waals surface area contributed by atoms with Gasteiger partial charge in [-0.3, -0.25) is 14.9 Å². The fraction of sp³-hybridized carbons (Fsp3) is 0.158. The minimum Gasteiger partial charge on any atom is -0.497 e. The molecule has 0 aliphatic carbocycles. The normalized spacial score (nSPS) is 15.0. The molecule has 2 heterocycles. The quantitative estimate of drug-likeness (QED) is 0.640. The van der Waals surface area contributed by atoms with Crippen LogP contribution >= 0.6 is 23.2 Å². The number of carbonyl (C=O) groups is 2. The molecule has 2 aromatic carbocycles. The molecule has 0 fully saturated rings. The van der Waals surface area contributed by atoms with E-state index in [-0.39, 0.29) is 17.4 Å². The van der Waals surface area contributed by atoms with Crippen molar-refractivity contribution >= 4 is 46.7 Å². The second-order valence-electron chi connectivity index (χ2n) is 6.29. The summed E-state index contributed by atoms with van der Waals surface area (Å²) in [6, 6.07) is 11.3. The first kappa shape index (κ1) is 19.2. The number of aromatic nitrogens is 3. The van der Waals surface area contributed by atoms with E-state index >= 15 is 0 Å². The highest BCUT2D eigenvalue weighted by molar-refractivity contribution is 6.44. The lowest BCUT2D eigenvalue weighted by atomic mass is 10.2. The van der Waals surface area contributed by atoms with Gasteiger partial charge in [-0.25, -0.2) is 4.68 Å². The van der Waals surface area contributed by atoms with Gasteiger partial charge in [0, 0.05) is 5.56 Å². The Bertz CT molecular complexity index is 1100. The summed E-state index contributed by atoms with van der Waals surface area (Å²) in [7, 11) is 1.58. The summed E-state index contributed by atoms with van der Waals surface area (Å²) in [6.07, 6.45) is -0.132. The minimum absolute atomic E-state index is 0.132. The second-order valence-corrected chi connectivity index (χ2v) is 7.08. The van der Waals surface area contributed by atoms with Crippen LogP contribution in [0.2, 0.25) is 10.0 Å². The van der Waals surface area contributed by atoms with Crippen molar-refractivity contribution in [1.29, 1.82) is 0 Å². The Labute approximate surface area is 175 Å². The van der Waals surface area contributed by atoms with Crippen LogP contribution in [0.1, 0.15) is 12.5 Å². The van der Waals surface area contributed by atoms with Crippen molar-refractivity contribution in [2.75, 3.05) is 17.7 Å². The largest absolute Gasteiger partial charge is 0.497 e. The van der Waals surface area contributed by atoms with Crippen LogP contribution in [0.3, 0.4) is 0 Å². The zero-order chi connectivity index (χ0) is 20.5. The maximum Gasteiger partial charge on any atom is 0.252 e. The predicted octanol–water partition coefficient (Wildman–Crippen LogP) is 3.78. The summed E-state index contributed by atoms with van der Waals surface area (Å²) >= 11 is 12.1. The summed E-state index contributed by atoms with van der Waals surface area (Å²) in [5, 5.41) is 10.3. The number of nitrogens with one attached hydrogen (secondary N) is 2. The molecule has 2 amide bonds. The van der Waals surface area contributed by atoms with Gasteiger partial charge in [0.2, 0.25) is 11.9 Å². The molecule has 29 heavy (non-hydrogen) atoms. The highest BCUT2D eigenvalue weighted by atomic mass is 35.5. The molecule has 0 radical (unpaired) electrons. The molecule has 0 saturated heterocycles. The highest BCUT2D eigenvalue weighted by Gasteiger charge is 2.35. The Balaban J connectivity index is 1.52. The van der Waals surface area contributed by atoms with Crippen molar-refractivity contribution in [1.82, 2.24) is 14.8 Å². The van der Waals surface area contributed by atoms with Gasteiger partial charge in [-0.05, 0) is 36.4 Å². The first-order valence-electron chi connectivity index (χ1n) is 8.62. The summed E-state index contributed by atoms with van der Waals surface area (Å²) in [5.41, 5.74) is 1.14. The molecule has 2 N–H and O–H groups in total. The number of ether oxygens (including phenoxy) is 1. The molecule has 1 aliphatic heterocycles. The maximum absolute atomic E-state index is 12.5. The van der Waals surface area contributed by atoms with Gasteiger partial charge in [-0.15, -0.1) is 5.10 Å². The van der Waals surface area contributed by atoms with Crippen LogP contribution in [0.4, 0.5) is 11.6 Å². The van der Waals surface area contributed by atoms with E-state index in [9.17, 15) is 9.59 Å². The molecule has 0 spiro atoms. The van der Waals surface area contributed by atoms with Crippen molar-refractivity contribution in [3.05, 3.63) is 52.5 Å². The average molecular weight is 432 g/mol. The molecule has 1 atom stereocenters. The Morgan fingerprint density at radius 1 is 1.24 bits per heavy atom. The van der Waals surface area contributed by atoms with Crippen molar-refractivity contribution in [2.45, 2.75) is 12.5 Å². The highest BCUT2D eigenvalue weighted by Crippen LogP contribution is 2.32. The van der Waals surface area contributed by atoms with E-state index in [1.165, 1.54) is 4.68 Å². The molecular weight excluding hydrogens is 417 g/mol. The molecular formula is C19H15Cl2N5O3.